The Balaban J connectivity index is 1.37. The van der Waals surface area contributed by atoms with Crippen molar-refractivity contribution in [1.29, 1.82) is 0 Å². The van der Waals surface area contributed by atoms with Crippen molar-refractivity contribution in [3.63, 3.8) is 0 Å². The Hall–Kier alpha value is -4.19. The van der Waals surface area contributed by atoms with Gasteiger partial charge in [0.05, 0.1) is 17.8 Å². The number of H-pyrrole nitrogens is 1. The molecule has 2 N–H and O–H groups in total. The number of nitrogens with one attached hydrogen (secondary N) is 2. The van der Waals surface area contributed by atoms with Crippen LogP contribution in [-0.2, 0) is 17.6 Å². The number of amides is 2. The van der Waals surface area contributed by atoms with E-state index in [2.05, 4.69) is 15.3 Å². The number of fused-ring (bicyclic) bond motifs is 3. The second-order valence-electron chi connectivity index (χ2n) is 8.61. The van der Waals surface area contributed by atoms with Crippen LogP contribution >= 0.6 is 0 Å². The molecule has 2 heterocycles. The minimum Gasteiger partial charge on any atom is -0.346 e. The third-order valence-electron chi connectivity index (χ3n) is 6.18. The summed E-state index contributed by atoms with van der Waals surface area (Å²) < 4.78 is 0. The van der Waals surface area contributed by atoms with E-state index in [4.69, 9.17) is 0 Å². The monoisotopic (exact) mass is 450 g/mol. The molecule has 0 atom stereocenters. The van der Waals surface area contributed by atoms with Gasteiger partial charge in [-0.2, -0.15) is 0 Å². The number of hydrogen-bond donors (Lipinski definition) is 2. The smallest absolute Gasteiger partial charge is 0.258 e. The van der Waals surface area contributed by atoms with Gasteiger partial charge in [0.15, 0.2) is 0 Å². The van der Waals surface area contributed by atoms with Crippen molar-refractivity contribution in [2.75, 3.05) is 16.8 Å². The summed E-state index contributed by atoms with van der Waals surface area (Å²) in [6.07, 6.45) is 0.953. The summed E-state index contributed by atoms with van der Waals surface area (Å²) in [5.41, 5.74) is 6.98. The molecule has 170 valence electrons. The molecule has 0 radical (unpaired) electrons. The number of rotatable bonds is 4. The second kappa shape index (κ2) is 8.98. The van der Waals surface area contributed by atoms with Crippen molar-refractivity contribution in [2.45, 2.75) is 26.7 Å². The van der Waals surface area contributed by atoms with Gasteiger partial charge in [-0.05, 0) is 55.3 Å². The number of aryl methyl sites for hydroxylation is 2. The van der Waals surface area contributed by atoms with E-state index in [1.807, 2.05) is 91.5 Å². The fourth-order valence-electron chi connectivity index (χ4n) is 4.49. The zero-order valence-corrected chi connectivity index (χ0v) is 19.3. The van der Waals surface area contributed by atoms with Crippen molar-refractivity contribution in [3.8, 4) is 11.3 Å². The summed E-state index contributed by atoms with van der Waals surface area (Å²) >= 11 is 0. The molecule has 6 nitrogen and oxygen atoms in total. The van der Waals surface area contributed by atoms with E-state index in [1.165, 1.54) is 0 Å². The van der Waals surface area contributed by atoms with E-state index >= 15 is 0 Å². The Morgan fingerprint density at radius 2 is 1.76 bits per heavy atom. The number of aromatic amines is 1. The van der Waals surface area contributed by atoms with E-state index in [0.717, 1.165) is 45.3 Å². The van der Waals surface area contributed by atoms with Gasteiger partial charge in [-0.15, -0.1) is 0 Å². The van der Waals surface area contributed by atoms with Gasteiger partial charge in [0.25, 0.3) is 5.91 Å². The number of aromatic nitrogens is 2. The van der Waals surface area contributed by atoms with Gasteiger partial charge in [0, 0.05) is 35.5 Å². The zero-order chi connectivity index (χ0) is 23.7. The topological polar surface area (TPSA) is 78.1 Å². The van der Waals surface area contributed by atoms with Crippen LogP contribution in [0.5, 0.6) is 0 Å². The molecule has 0 saturated carbocycles. The largest absolute Gasteiger partial charge is 0.346 e. The average Bonchev–Trinajstić information content (AvgIpc) is 3.14. The lowest BCUT2D eigenvalue weighted by Crippen LogP contribution is -2.32. The maximum atomic E-state index is 13.6. The van der Waals surface area contributed by atoms with E-state index < -0.39 is 0 Å². The molecule has 1 aliphatic heterocycles. The first kappa shape index (κ1) is 21.6. The van der Waals surface area contributed by atoms with Crippen molar-refractivity contribution < 1.29 is 9.59 Å². The van der Waals surface area contributed by atoms with Crippen LogP contribution in [-0.4, -0.2) is 28.3 Å². The standard InChI is InChI=1S/C28H26N4O2/c1-18-16-21(13-12-20(18)17-26(33)31-22-8-4-3-5-9-22)28(34)32-15-14-24-27(30-19(2)29-24)23-10-6-7-11-25(23)32/h3-13,16H,14-15,17H2,1-2H3,(H,29,30)(H,31,33). The van der Waals surface area contributed by atoms with Crippen molar-refractivity contribution in [1.82, 2.24) is 9.97 Å². The normalized spacial score (nSPS) is 12.5. The number of nitrogens with zero attached hydrogens (tertiary/aromatic N) is 2. The number of carbonyl (C=O) groups excluding carboxylic acids is 2. The highest BCUT2D eigenvalue weighted by Gasteiger charge is 2.27. The van der Waals surface area contributed by atoms with Crippen LogP contribution in [0.2, 0.25) is 0 Å². The number of hydrogen-bond acceptors (Lipinski definition) is 3. The Morgan fingerprint density at radius 1 is 1.00 bits per heavy atom. The first-order valence-corrected chi connectivity index (χ1v) is 11.4. The number of anilines is 2. The molecule has 1 aromatic heterocycles. The van der Waals surface area contributed by atoms with Crippen LogP contribution < -0.4 is 10.2 Å². The maximum absolute atomic E-state index is 13.6. The quantitative estimate of drug-likeness (QED) is 0.455. The highest BCUT2D eigenvalue weighted by Crippen LogP contribution is 2.35. The number of para-hydroxylation sites is 2. The highest BCUT2D eigenvalue weighted by atomic mass is 16.2. The minimum atomic E-state index is -0.0845. The van der Waals surface area contributed by atoms with Crippen LogP contribution in [0.25, 0.3) is 11.3 Å². The maximum Gasteiger partial charge on any atom is 0.258 e. The van der Waals surface area contributed by atoms with Crippen molar-refractivity contribution >= 4 is 23.2 Å². The van der Waals surface area contributed by atoms with Gasteiger partial charge in [-0.25, -0.2) is 4.98 Å². The molecule has 0 unspecified atom stereocenters. The van der Waals surface area contributed by atoms with E-state index in [0.29, 0.717) is 18.5 Å². The lowest BCUT2D eigenvalue weighted by Gasteiger charge is -2.23. The summed E-state index contributed by atoms with van der Waals surface area (Å²) in [6.45, 7) is 4.45. The van der Waals surface area contributed by atoms with Crippen LogP contribution in [0.15, 0.2) is 72.8 Å². The van der Waals surface area contributed by atoms with Gasteiger partial charge in [0.1, 0.15) is 5.82 Å². The van der Waals surface area contributed by atoms with Crippen LogP contribution in [0.1, 0.15) is 33.0 Å². The molecule has 2 amide bonds. The van der Waals surface area contributed by atoms with Gasteiger partial charge in [-0.3, -0.25) is 9.59 Å². The van der Waals surface area contributed by atoms with Crippen LogP contribution in [0.4, 0.5) is 11.4 Å². The molecule has 3 aromatic carbocycles. The Labute approximate surface area is 198 Å². The highest BCUT2D eigenvalue weighted by molar-refractivity contribution is 6.08. The van der Waals surface area contributed by atoms with E-state index in [-0.39, 0.29) is 18.2 Å². The molecule has 0 spiro atoms. The predicted molar refractivity (Wildman–Crippen MR) is 134 cm³/mol. The van der Waals surface area contributed by atoms with Gasteiger partial charge < -0.3 is 15.2 Å². The molecule has 0 saturated heterocycles. The SMILES string of the molecule is Cc1nc2c([nH]1)CCN(C(=O)c1ccc(CC(=O)Nc3ccccc3)c(C)c1)c1ccccc1-2. The summed E-state index contributed by atoms with van der Waals surface area (Å²) in [6, 6.07) is 22.9. The zero-order valence-electron chi connectivity index (χ0n) is 19.3. The molecule has 4 aromatic rings. The fourth-order valence-corrected chi connectivity index (χ4v) is 4.49. The Bertz CT molecular complexity index is 1370. The second-order valence-corrected chi connectivity index (χ2v) is 8.61. The summed E-state index contributed by atoms with van der Waals surface area (Å²) in [4.78, 5) is 35.9. The summed E-state index contributed by atoms with van der Waals surface area (Å²) in [5, 5.41) is 2.91. The molecule has 1 aliphatic rings. The molecule has 34 heavy (non-hydrogen) atoms. The minimum absolute atomic E-state index is 0.0577. The Morgan fingerprint density at radius 3 is 2.56 bits per heavy atom. The lowest BCUT2D eigenvalue weighted by atomic mass is 10.0. The fraction of sp³-hybridized carbons (Fsp3) is 0.179. The first-order chi connectivity index (χ1) is 16.5. The molecule has 5 rings (SSSR count). The molecule has 0 aliphatic carbocycles. The average molecular weight is 451 g/mol. The van der Waals surface area contributed by atoms with Gasteiger partial charge in [0.2, 0.25) is 5.91 Å². The number of benzene rings is 3. The van der Waals surface area contributed by atoms with Crippen LogP contribution in [0.3, 0.4) is 0 Å². The predicted octanol–water partition coefficient (Wildman–Crippen LogP) is 5.08. The number of carbonyl (C=O) groups is 2. The van der Waals surface area contributed by atoms with Crippen molar-refractivity contribution in [3.05, 3.63) is 101 Å². The lowest BCUT2D eigenvalue weighted by molar-refractivity contribution is -0.115. The molecular formula is C28H26N4O2. The summed E-state index contributed by atoms with van der Waals surface area (Å²) in [5.74, 6) is 0.735. The Kier molecular flexibility index (Phi) is 5.72. The third-order valence-corrected chi connectivity index (χ3v) is 6.18. The van der Waals surface area contributed by atoms with Gasteiger partial charge in [-0.1, -0.05) is 42.5 Å². The van der Waals surface area contributed by atoms with Crippen molar-refractivity contribution in [2.24, 2.45) is 0 Å². The molecule has 0 fully saturated rings. The molecule has 0 bridgehead atoms. The van der Waals surface area contributed by atoms with E-state index in [9.17, 15) is 9.59 Å². The summed E-state index contributed by atoms with van der Waals surface area (Å²) in [7, 11) is 0. The third kappa shape index (κ3) is 4.22. The first-order valence-electron chi connectivity index (χ1n) is 11.4. The molecular weight excluding hydrogens is 424 g/mol. The molecule has 6 heteroatoms. The van der Waals surface area contributed by atoms with E-state index in [1.54, 1.807) is 0 Å². The van der Waals surface area contributed by atoms with Gasteiger partial charge >= 0.3 is 0 Å². The van der Waals surface area contributed by atoms with Crippen LogP contribution in [0, 0.1) is 13.8 Å². The number of imidazole rings is 1.